The van der Waals surface area contributed by atoms with Gasteiger partial charge < -0.3 is 15.8 Å². The van der Waals surface area contributed by atoms with Crippen LogP contribution in [0.5, 0.6) is 5.75 Å². The Kier molecular flexibility index (Phi) is 5.47. The molecule has 6 nitrogen and oxygen atoms in total. The molecule has 0 unspecified atom stereocenters. The number of pyridine rings is 1. The standard InChI is InChI=1S/C21H20N4O2/c1-14(26)15-6-10-17(11-7-15)23-21(22)25-20-5-3-4-19(24-20)16-8-12-18(27-2)13-9-16/h3-13H,1-2H3,(H3,22,23,24,25). The van der Waals surface area contributed by atoms with Crippen LogP contribution >= 0.6 is 0 Å². The lowest BCUT2D eigenvalue weighted by molar-refractivity contribution is 0.101. The van der Waals surface area contributed by atoms with Crippen molar-refractivity contribution in [1.82, 2.24) is 4.98 Å². The molecule has 0 radical (unpaired) electrons. The van der Waals surface area contributed by atoms with Crippen molar-refractivity contribution in [2.24, 2.45) is 10.7 Å². The van der Waals surface area contributed by atoms with Crippen LogP contribution in [0.3, 0.4) is 0 Å². The van der Waals surface area contributed by atoms with Gasteiger partial charge in [0, 0.05) is 16.8 Å². The van der Waals surface area contributed by atoms with Crippen molar-refractivity contribution in [3.8, 4) is 17.0 Å². The fourth-order valence-corrected chi connectivity index (χ4v) is 2.50. The van der Waals surface area contributed by atoms with Crippen LogP contribution in [-0.4, -0.2) is 23.8 Å². The number of anilines is 1. The lowest BCUT2D eigenvalue weighted by Gasteiger charge is -2.07. The minimum absolute atomic E-state index is 0.0164. The van der Waals surface area contributed by atoms with Crippen molar-refractivity contribution in [2.45, 2.75) is 6.92 Å². The number of carbonyl (C=O) groups excluding carboxylic acids is 1. The highest BCUT2D eigenvalue weighted by atomic mass is 16.5. The first-order valence-electron chi connectivity index (χ1n) is 8.39. The summed E-state index contributed by atoms with van der Waals surface area (Å²) in [5.74, 6) is 1.51. The van der Waals surface area contributed by atoms with Crippen LogP contribution in [0.25, 0.3) is 11.3 Å². The van der Waals surface area contributed by atoms with E-state index in [0.717, 1.165) is 22.7 Å². The minimum Gasteiger partial charge on any atom is -0.497 e. The molecule has 0 aliphatic rings. The highest BCUT2D eigenvalue weighted by Gasteiger charge is 2.03. The van der Waals surface area contributed by atoms with Crippen molar-refractivity contribution < 1.29 is 9.53 Å². The third-order valence-electron chi connectivity index (χ3n) is 3.92. The highest BCUT2D eigenvalue weighted by molar-refractivity contribution is 5.96. The zero-order valence-corrected chi connectivity index (χ0v) is 15.1. The number of hydrogen-bond acceptors (Lipinski definition) is 4. The van der Waals surface area contributed by atoms with Crippen molar-refractivity contribution in [3.05, 3.63) is 72.3 Å². The summed E-state index contributed by atoms with van der Waals surface area (Å²) in [6, 6.07) is 20.2. The Labute approximate surface area is 157 Å². The summed E-state index contributed by atoms with van der Waals surface area (Å²) in [7, 11) is 1.63. The number of carbonyl (C=O) groups is 1. The maximum Gasteiger partial charge on any atom is 0.199 e. The van der Waals surface area contributed by atoms with Crippen LogP contribution < -0.4 is 15.8 Å². The van der Waals surface area contributed by atoms with E-state index in [-0.39, 0.29) is 11.7 Å². The SMILES string of the molecule is COc1ccc(-c2cccc(/N=C(\N)Nc3ccc(C(C)=O)cc3)n2)cc1. The number of aromatic nitrogens is 1. The molecule has 0 bridgehead atoms. The average Bonchev–Trinajstić information content (AvgIpc) is 2.68. The molecule has 27 heavy (non-hydrogen) atoms. The molecule has 3 rings (SSSR count). The molecule has 0 spiro atoms. The lowest BCUT2D eigenvalue weighted by Crippen LogP contribution is -2.22. The first-order valence-corrected chi connectivity index (χ1v) is 8.39. The minimum atomic E-state index is 0.0164. The number of nitrogens with two attached hydrogens (primary N) is 1. The van der Waals surface area contributed by atoms with Crippen LogP contribution in [0.4, 0.5) is 11.5 Å². The predicted molar refractivity (Wildman–Crippen MR) is 108 cm³/mol. The first kappa shape index (κ1) is 18.1. The van der Waals surface area contributed by atoms with Gasteiger partial charge in [-0.2, -0.15) is 4.99 Å². The quantitative estimate of drug-likeness (QED) is 0.407. The molecule has 0 saturated carbocycles. The molecule has 2 aromatic carbocycles. The summed E-state index contributed by atoms with van der Waals surface area (Å²) < 4.78 is 5.17. The van der Waals surface area contributed by atoms with Gasteiger partial charge in [0.2, 0.25) is 0 Å². The van der Waals surface area contributed by atoms with Crippen molar-refractivity contribution >= 4 is 23.2 Å². The van der Waals surface area contributed by atoms with Gasteiger partial charge in [-0.1, -0.05) is 6.07 Å². The number of rotatable bonds is 5. The summed E-state index contributed by atoms with van der Waals surface area (Å²) in [6.45, 7) is 1.53. The van der Waals surface area contributed by atoms with E-state index in [1.54, 1.807) is 37.4 Å². The molecule has 0 atom stereocenters. The molecule has 6 heteroatoms. The summed E-state index contributed by atoms with van der Waals surface area (Å²) in [4.78, 5) is 20.2. The molecular weight excluding hydrogens is 340 g/mol. The van der Waals surface area contributed by atoms with E-state index in [2.05, 4.69) is 15.3 Å². The van der Waals surface area contributed by atoms with Crippen LogP contribution in [0.15, 0.2) is 71.7 Å². The monoisotopic (exact) mass is 360 g/mol. The Morgan fingerprint density at radius 1 is 1.04 bits per heavy atom. The highest BCUT2D eigenvalue weighted by Crippen LogP contribution is 2.22. The number of guanidine groups is 1. The third kappa shape index (κ3) is 4.70. The topological polar surface area (TPSA) is 89.6 Å². The van der Waals surface area contributed by atoms with Crippen molar-refractivity contribution in [3.63, 3.8) is 0 Å². The van der Waals surface area contributed by atoms with Gasteiger partial charge >= 0.3 is 0 Å². The molecule has 0 amide bonds. The molecule has 136 valence electrons. The van der Waals surface area contributed by atoms with E-state index in [4.69, 9.17) is 10.5 Å². The Balaban J connectivity index is 1.76. The Morgan fingerprint density at radius 3 is 2.37 bits per heavy atom. The lowest BCUT2D eigenvalue weighted by atomic mass is 10.1. The largest absolute Gasteiger partial charge is 0.497 e. The molecule has 0 saturated heterocycles. The van der Waals surface area contributed by atoms with Crippen LogP contribution in [-0.2, 0) is 0 Å². The first-order chi connectivity index (χ1) is 13.0. The van der Waals surface area contributed by atoms with Crippen LogP contribution in [0.2, 0.25) is 0 Å². The molecule has 3 aromatic rings. The number of nitrogens with zero attached hydrogens (tertiary/aromatic N) is 2. The third-order valence-corrected chi connectivity index (χ3v) is 3.92. The Morgan fingerprint density at radius 2 is 1.74 bits per heavy atom. The fraction of sp³-hybridized carbons (Fsp3) is 0.0952. The summed E-state index contributed by atoms with van der Waals surface area (Å²) in [5, 5.41) is 2.99. The molecule has 3 N–H and O–H groups in total. The second-order valence-corrected chi connectivity index (χ2v) is 5.87. The second kappa shape index (κ2) is 8.14. The zero-order valence-electron chi connectivity index (χ0n) is 15.1. The second-order valence-electron chi connectivity index (χ2n) is 5.87. The normalized spacial score (nSPS) is 11.1. The Hall–Kier alpha value is -3.67. The Bertz CT molecular complexity index is 964. The number of ketones is 1. The van der Waals surface area contributed by atoms with Gasteiger partial charge in [-0.15, -0.1) is 0 Å². The number of methoxy groups -OCH3 is 1. The van der Waals surface area contributed by atoms with Gasteiger partial charge in [-0.3, -0.25) is 4.79 Å². The average molecular weight is 360 g/mol. The number of Topliss-reactive ketones (excluding diaryl/α,β-unsaturated/α-hetero) is 1. The van der Waals surface area contributed by atoms with Crippen LogP contribution in [0, 0.1) is 0 Å². The molecule has 0 aliphatic heterocycles. The van der Waals surface area contributed by atoms with Gasteiger partial charge in [-0.25, -0.2) is 4.98 Å². The smallest absolute Gasteiger partial charge is 0.199 e. The van der Waals surface area contributed by atoms with Gasteiger partial charge in [0.05, 0.1) is 12.8 Å². The number of aliphatic imine (C=N–C) groups is 1. The maximum atomic E-state index is 11.3. The number of nitrogens with one attached hydrogen (secondary N) is 1. The van der Waals surface area contributed by atoms with E-state index in [1.807, 2.05) is 36.4 Å². The number of hydrogen-bond donors (Lipinski definition) is 2. The van der Waals surface area contributed by atoms with Gasteiger partial charge in [0.15, 0.2) is 17.6 Å². The van der Waals surface area contributed by atoms with E-state index in [9.17, 15) is 4.79 Å². The van der Waals surface area contributed by atoms with Crippen LogP contribution in [0.1, 0.15) is 17.3 Å². The summed E-state index contributed by atoms with van der Waals surface area (Å²) in [6.07, 6.45) is 0. The molecule has 0 fully saturated rings. The predicted octanol–water partition coefficient (Wildman–Crippen LogP) is 4.02. The molecule has 1 aromatic heterocycles. The van der Waals surface area contributed by atoms with E-state index >= 15 is 0 Å². The van der Waals surface area contributed by atoms with E-state index in [1.165, 1.54) is 6.92 Å². The van der Waals surface area contributed by atoms with E-state index < -0.39 is 0 Å². The molecular formula is C21H20N4O2. The fourth-order valence-electron chi connectivity index (χ4n) is 2.50. The van der Waals surface area contributed by atoms with E-state index in [0.29, 0.717) is 11.4 Å². The van der Waals surface area contributed by atoms with Crippen molar-refractivity contribution in [2.75, 3.05) is 12.4 Å². The number of ether oxygens (including phenoxy) is 1. The van der Waals surface area contributed by atoms with Gasteiger partial charge in [-0.05, 0) is 67.6 Å². The number of benzene rings is 2. The summed E-state index contributed by atoms with van der Waals surface area (Å²) in [5.41, 5.74) is 9.11. The van der Waals surface area contributed by atoms with Crippen molar-refractivity contribution in [1.29, 1.82) is 0 Å². The van der Waals surface area contributed by atoms with Gasteiger partial charge in [0.1, 0.15) is 5.75 Å². The summed E-state index contributed by atoms with van der Waals surface area (Å²) >= 11 is 0. The van der Waals surface area contributed by atoms with Gasteiger partial charge in [0.25, 0.3) is 0 Å². The zero-order chi connectivity index (χ0) is 19.2. The molecule has 0 aliphatic carbocycles. The molecule has 1 heterocycles. The maximum absolute atomic E-state index is 11.3.